The summed E-state index contributed by atoms with van der Waals surface area (Å²) in [5.74, 6) is -0.0818. The molecule has 10 heteroatoms. The van der Waals surface area contributed by atoms with Crippen molar-refractivity contribution in [2.75, 3.05) is 44.2 Å². The molecule has 1 fully saturated rings. The molecule has 0 saturated carbocycles. The molecule has 28 heavy (non-hydrogen) atoms. The maximum absolute atomic E-state index is 13.0. The number of fused-ring (bicyclic) bond motifs is 1. The van der Waals surface area contributed by atoms with Gasteiger partial charge in [0, 0.05) is 45.1 Å². The number of aliphatic hydroxyl groups excluding tert-OH is 1. The van der Waals surface area contributed by atoms with Crippen molar-refractivity contribution in [3.05, 3.63) is 53.5 Å². The third kappa shape index (κ3) is 3.45. The summed E-state index contributed by atoms with van der Waals surface area (Å²) in [4.78, 5) is 25.3. The maximum atomic E-state index is 13.0. The van der Waals surface area contributed by atoms with E-state index in [2.05, 4.69) is 14.9 Å². The number of nitrogens with zero attached hydrogens (tertiary/aromatic N) is 5. The number of hydrogen-bond donors (Lipinski definition) is 1. The predicted octanol–water partition coefficient (Wildman–Crippen LogP) is 0.151. The minimum Gasteiger partial charge on any atom is -0.610 e. The zero-order valence-electron chi connectivity index (χ0n) is 15.2. The SMILES string of the molecule is O=C1c2ccccc2S(=O)[N+]1([O-])CC(O)CN1CCN(c2ncccn2)CC1. The van der Waals surface area contributed by atoms with E-state index in [1.807, 2.05) is 4.90 Å². The van der Waals surface area contributed by atoms with Crippen molar-refractivity contribution < 1.29 is 18.2 Å². The van der Waals surface area contributed by atoms with Crippen molar-refractivity contribution >= 4 is 22.8 Å². The highest BCUT2D eigenvalue weighted by Gasteiger charge is 2.47. The van der Waals surface area contributed by atoms with Crippen molar-refractivity contribution in [1.29, 1.82) is 0 Å². The van der Waals surface area contributed by atoms with Gasteiger partial charge in [0.15, 0.2) is 0 Å². The number of carbonyl (C=O) groups excluding carboxylic acids is 1. The zero-order chi connectivity index (χ0) is 19.7. The Balaban J connectivity index is 1.35. The molecule has 3 heterocycles. The minimum atomic E-state index is -2.06. The largest absolute Gasteiger partial charge is 0.610 e. The fraction of sp³-hybridized carbons (Fsp3) is 0.389. The van der Waals surface area contributed by atoms with Crippen LogP contribution < -0.4 is 4.90 Å². The van der Waals surface area contributed by atoms with Crippen molar-refractivity contribution in [3.8, 4) is 0 Å². The molecule has 3 atom stereocenters. The average molecular weight is 403 g/mol. The van der Waals surface area contributed by atoms with Crippen LogP contribution in [0.2, 0.25) is 0 Å². The van der Waals surface area contributed by atoms with Crippen LogP contribution in [0.15, 0.2) is 47.6 Å². The third-order valence-corrected chi connectivity index (χ3v) is 6.59. The van der Waals surface area contributed by atoms with Crippen molar-refractivity contribution in [2.24, 2.45) is 0 Å². The number of hydroxylamine groups is 2. The Morgan fingerprint density at radius 2 is 1.82 bits per heavy atom. The first-order valence-electron chi connectivity index (χ1n) is 9.07. The molecule has 0 radical (unpaired) electrons. The fourth-order valence-corrected chi connectivity index (χ4v) is 4.99. The van der Waals surface area contributed by atoms with Gasteiger partial charge < -0.3 is 15.2 Å². The molecule has 2 aliphatic heterocycles. The number of carbonyl (C=O) groups is 1. The molecular weight excluding hydrogens is 382 g/mol. The number of β-amino-alcohol motifs (C(OH)–C–C–N with tert-alkyl or cyclic N) is 1. The lowest BCUT2D eigenvalue weighted by Gasteiger charge is -2.38. The van der Waals surface area contributed by atoms with Crippen molar-refractivity contribution in [3.63, 3.8) is 0 Å². The van der Waals surface area contributed by atoms with E-state index in [0.717, 1.165) is 0 Å². The molecule has 3 unspecified atom stereocenters. The number of aliphatic hydroxyl groups is 1. The smallest absolute Gasteiger partial charge is 0.361 e. The Morgan fingerprint density at radius 1 is 1.14 bits per heavy atom. The van der Waals surface area contributed by atoms with Crippen LogP contribution in [-0.2, 0) is 11.0 Å². The van der Waals surface area contributed by atoms with Gasteiger partial charge in [-0.2, -0.15) is 4.21 Å². The summed E-state index contributed by atoms with van der Waals surface area (Å²) in [6, 6.07) is 8.07. The van der Waals surface area contributed by atoms with E-state index in [1.54, 1.807) is 30.6 Å². The quantitative estimate of drug-likeness (QED) is 0.555. The fourth-order valence-electron chi connectivity index (χ4n) is 3.58. The van der Waals surface area contributed by atoms with Gasteiger partial charge in [-0.25, -0.2) is 18.8 Å². The highest BCUT2D eigenvalue weighted by molar-refractivity contribution is 7.80. The van der Waals surface area contributed by atoms with E-state index >= 15 is 0 Å². The van der Waals surface area contributed by atoms with Crippen LogP contribution >= 0.6 is 0 Å². The third-order valence-electron chi connectivity index (χ3n) is 5.01. The number of amides is 1. The first-order valence-corrected chi connectivity index (χ1v) is 10.2. The Morgan fingerprint density at radius 3 is 2.50 bits per heavy atom. The van der Waals surface area contributed by atoms with Gasteiger partial charge in [0.1, 0.15) is 23.1 Å². The number of benzene rings is 1. The lowest BCUT2D eigenvalue weighted by atomic mass is 10.2. The van der Waals surface area contributed by atoms with Gasteiger partial charge >= 0.3 is 5.91 Å². The molecular formula is C18H21N5O4S. The number of hydrogen-bond acceptors (Lipinski definition) is 8. The molecule has 1 aromatic carbocycles. The van der Waals surface area contributed by atoms with Crippen molar-refractivity contribution in [1.82, 2.24) is 14.9 Å². The normalized spacial score (nSPS) is 26.3. The van der Waals surface area contributed by atoms with E-state index in [0.29, 0.717) is 32.1 Å². The number of piperazine rings is 1. The highest BCUT2D eigenvalue weighted by atomic mass is 32.2. The Hall–Kier alpha value is -2.24. The molecule has 1 N–H and O–H groups in total. The van der Waals surface area contributed by atoms with Crippen molar-refractivity contribution in [2.45, 2.75) is 11.0 Å². The Labute approximate surface area is 165 Å². The van der Waals surface area contributed by atoms with E-state index < -0.39 is 33.6 Å². The molecule has 148 valence electrons. The molecule has 1 amide bonds. The van der Waals surface area contributed by atoms with E-state index in [4.69, 9.17) is 0 Å². The van der Waals surface area contributed by atoms with Crippen LogP contribution in [-0.4, -0.2) is 79.5 Å². The van der Waals surface area contributed by atoms with Gasteiger partial charge in [0.25, 0.3) is 0 Å². The standard InChI is InChI=1S/C18H21N5O4S/c24-14(12-21-8-10-22(11-9-21)18-19-6-3-7-20-18)13-23(26)17(25)15-4-1-2-5-16(15)28(23)27/h1-7,14,24H,8-13H2. The molecule has 0 aliphatic carbocycles. The van der Waals surface area contributed by atoms with Gasteiger partial charge in [-0.05, 0) is 18.2 Å². The monoisotopic (exact) mass is 403 g/mol. The number of aromatic nitrogens is 2. The van der Waals surface area contributed by atoms with Gasteiger partial charge in [-0.1, -0.05) is 12.1 Å². The molecule has 0 spiro atoms. The summed E-state index contributed by atoms with van der Waals surface area (Å²) in [6.07, 6.45) is 2.33. The average Bonchev–Trinajstić information content (AvgIpc) is 2.91. The second kappa shape index (κ2) is 7.64. The van der Waals surface area contributed by atoms with E-state index in [9.17, 15) is 19.3 Å². The summed E-state index contributed by atoms with van der Waals surface area (Å²) in [6.45, 7) is 2.56. The molecule has 1 saturated heterocycles. The first-order chi connectivity index (χ1) is 13.5. The van der Waals surface area contributed by atoms with Gasteiger partial charge in [-0.15, -0.1) is 0 Å². The van der Waals surface area contributed by atoms with Crippen LogP contribution in [0.25, 0.3) is 0 Å². The molecule has 4 rings (SSSR count). The van der Waals surface area contributed by atoms with Gasteiger partial charge in [-0.3, -0.25) is 4.90 Å². The molecule has 2 aromatic rings. The lowest BCUT2D eigenvalue weighted by Crippen LogP contribution is -2.54. The second-order valence-corrected chi connectivity index (χ2v) is 8.42. The highest BCUT2D eigenvalue weighted by Crippen LogP contribution is 2.33. The van der Waals surface area contributed by atoms with Crippen LogP contribution in [0.1, 0.15) is 10.4 Å². The summed E-state index contributed by atoms with van der Waals surface area (Å²) >= 11 is 0. The second-order valence-electron chi connectivity index (χ2n) is 6.90. The summed E-state index contributed by atoms with van der Waals surface area (Å²) in [5, 5.41) is 23.4. The summed E-state index contributed by atoms with van der Waals surface area (Å²) in [7, 11) is -2.06. The molecule has 2 aliphatic rings. The minimum absolute atomic E-state index is 0.180. The summed E-state index contributed by atoms with van der Waals surface area (Å²) < 4.78 is 11.0. The van der Waals surface area contributed by atoms with Crippen LogP contribution in [0.4, 0.5) is 5.95 Å². The van der Waals surface area contributed by atoms with Crippen LogP contribution in [0.5, 0.6) is 0 Å². The molecule has 1 aromatic heterocycles. The first kappa shape index (κ1) is 19.1. The van der Waals surface area contributed by atoms with E-state index in [-0.39, 0.29) is 17.0 Å². The van der Waals surface area contributed by atoms with Gasteiger partial charge in [0.05, 0.1) is 0 Å². The van der Waals surface area contributed by atoms with Crippen LogP contribution in [0.3, 0.4) is 0 Å². The maximum Gasteiger partial charge on any atom is 0.361 e. The topological polar surface area (TPSA) is 110 Å². The number of rotatable bonds is 5. The Kier molecular flexibility index (Phi) is 5.21. The predicted molar refractivity (Wildman–Crippen MR) is 102 cm³/mol. The molecule has 0 bridgehead atoms. The lowest BCUT2D eigenvalue weighted by molar-refractivity contribution is -0.660. The zero-order valence-corrected chi connectivity index (χ0v) is 16.0. The van der Waals surface area contributed by atoms with Gasteiger partial charge in [0.2, 0.25) is 16.9 Å². The number of anilines is 1. The van der Waals surface area contributed by atoms with E-state index in [1.165, 1.54) is 12.1 Å². The Bertz CT molecular complexity index is 854. The number of quaternary nitrogens is 1. The molecule has 9 nitrogen and oxygen atoms in total. The van der Waals surface area contributed by atoms with Crippen LogP contribution in [0, 0.1) is 5.21 Å². The summed E-state index contributed by atoms with van der Waals surface area (Å²) in [5.41, 5.74) is 0.180.